The van der Waals surface area contributed by atoms with Crippen LogP contribution in [0, 0.1) is 5.41 Å². The minimum Gasteiger partial charge on any atom is -0.479 e. The number of hydrogen-bond donors (Lipinski definition) is 3. The second-order valence-electron chi connectivity index (χ2n) is 8.39. The van der Waals surface area contributed by atoms with Crippen molar-refractivity contribution in [3.63, 3.8) is 0 Å². The Morgan fingerprint density at radius 3 is 2.29 bits per heavy atom. The lowest BCUT2D eigenvalue weighted by molar-refractivity contribution is -0.173. The number of carbonyl (C=O) groups is 3. The summed E-state index contributed by atoms with van der Waals surface area (Å²) in [5.74, 6) is -4.42. The Balaban J connectivity index is 2.71. The molecule has 0 fully saturated rings. The number of carboxylic acid groups (broad SMARTS) is 1. The fraction of sp³-hybridized carbons (Fsp3) is 0.458. The van der Waals surface area contributed by atoms with Gasteiger partial charge < -0.3 is 20.1 Å². The van der Waals surface area contributed by atoms with E-state index in [1.807, 2.05) is 13.0 Å². The quantitative estimate of drug-likeness (QED) is 0.233. The Labute approximate surface area is 183 Å². The molecule has 0 spiro atoms. The molecule has 2 atom stereocenters. The van der Waals surface area contributed by atoms with Gasteiger partial charge in [0.25, 0.3) is 0 Å². The third kappa shape index (κ3) is 8.47. The highest BCUT2D eigenvalue weighted by Gasteiger charge is 2.32. The van der Waals surface area contributed by atoms with Gasteiger partial charge in [0, 0.05) is 6.08 Å². The van der Waals surface area contributed by atoms with Gasteiger partial charge in [-0.2, -0.15) is 0 Å². The van der Waals surface area contributed by atoms with Crippen LogP contribution in [0.1, 0.15) is 53.9 Å². The molecule has 0 aromatic heterocycles. The van der Waals surface area contributed by atoms with Gasteiger partial charge in [0.2, 0.25) is 0 Å². The topological polar surface area (TPSA) is 121 Å². The summed E-state index contributed by atoms with van der Waals surface area (Å²) >= 11 is 0. The number of rotatable bonds is 8. The predicted octanol–water partition coefficient (Wildman–Crippen LogP) is 3.39. The minimum atomic E-state index is -2.37. The van der Waals surface area contributed by atoms with E-state index in [0.29, 0.717) is 5.57 Å². The van der Waals surface area contributed by atoms with Gasteiger partial charge in [0.15, 0.2) is 12.2 Å². The summed E-state index contributed by atoms with van der Waals surface area (Å²) in [5.41, 5.74) is 4.46. The molecule has 0 aromatic rings. The van der Waals surface area contributed by atoms with Crippen molar-refractivity contribution in [2.45, 2.75) is 66.1 Å². The first kappa shape index (κ1) is 26.3. The van der Waals surface area contributed by atoms with E-state index in [1.54, 1.807) is 19.1 Å². The summed E-state index contributed by atoms with van der Waals surface area (Å²) in [5, 5.41) is 27.0. The molecule has 170 valence electrons. The van der Waals surface area contributed by atoms with Gasteiger partial charge in [0.05, 0.1) is 0 Å². The van der Waals surface area contributed by atoms with Crippen molar-refractivity contribution in [2.24, 2.45) is 5.41 Å². The molecule has 3 N–H and O–H groups in total. The van der Waals surface area contributed by atoms with Crippen LogP contribution in [-0.4, -0.2) is 45.4 Å². The first-order valence-electron chi connectivity index (χ1n) is 10.1. The molecule has 0 amide bonds. The van der Waals surface area contributed by atoms with Gasteiger partial charge in [0.1, 0.15) is 0 Å². The summed E-state index contributed by atoms with van der Waals surface area (Å²) in [4.78, 5) is 33.7. The Hall–Kier alpha value is -2.77. The van der Waals surface area contributed by atoms with Crippen molar-refractivity contribution in [2.75, 3.05) is 0 Å². The van der Waals surface area contributed by atoms with Crippen molar-refractivity contribution >= 4 is 17.9 Å². The standard InChI is InChI=1S/C24H32O7/c1-15(11-12-18-17(3)10-7-13-24(18,4)5)8-6-9-16(2)14-19(25)31-23(30)21(27)20(26)22(28)29/h6,8-9,11-12,14,20-21,26-27H,7,10,13H2,1-5H3,(H,28,29). The summed E-state index contributed by atoms with van der Waals surface area (Å²) in [6.07, 6.45) is 9.29. The molecule has 0 bridgehead atoms. The van der Waals surface area contributed by atoms with Crippen LogP contribution in [-0.2, 0) is 19.1 Å². The van der Waals surface area contributed by atoms with Crippen LogP contribution < -0.4 is 0 Å². The second kappa shape index (κ2) is 11.6. The zero-order valence-corrected chi connectivity index (χ0v) is 18.7. The molecule has 0 heterocycles. The molecule has 7 nitrogen and oxygen atoms in total. The number of esters is 2. The lowest BCUT2D eigenvalue weighted by atomic mass is 9.72. The van der Waals surface area contributed by atoms with Crippen molar-refractivity contribution < 1.29 is 34.4 Å². The van der Waals surface area contributed by atoms with Crippen LogP contribution in [0.2, 0.25) is 0 Å². The number of hydrogen-bond acceptors (Lipinski definition) is 6. The first-order chi connectivity index (χ1) is 14.3. The van der Waals surface area contributed by atoms with E-state index >= 15 is 0 Å². The van der Waals surface area contributed by atoms with Crippen molar-refractivity contribution in [1.29, 1.82) is 0 Å². The van der Waals surface area contributed by atoms with Crippen molar-refractivity contribution in [1.82, 2.24) is 0 Å². The summed E-state index contributed by atoms with van der Waals surface area (Å²) in [7, 11) is 0. The third-order valence-electron chi connectivity index (χ3n) is 5.11. The van der Waals surface area contributed by atoms with Gasteiger partial charge in [-0.25, -0.2) is 14.4 Å². The van der Waals surface area contributed by atoms with Crippen LogP contribution in [0.15, 0.2) is 58.7 Å². The van der Waals surface area contributed by atoms with E-state index in [0.717, 1.165) is 18.1 Å². The second-order valence-corrected chi connectivity index (χ2v) is 8.39. The van der Waals surface area contributed by atoms with Gasteiger partial charge in [-0.3, -0.25) is 0 Å². The Morgan fingerprint density at radius 1 is 1.06 bits per heavy atom. The molecule has 0 aliphatic heterocycles. The van der Waals surface area contributed by atoms with Gasteiger partial charge in [-0.15, -0.1) is 0 Å². The van der Waals surface area contributed by atoms with Crippen LogP contribution in [0.4, 0.5) is 0 Å². The molecule has 0 saturated heterocycles. The number of allylic oxidation sites excluding steroid dienone is 9. The summed E-state index contributed by atoms with van der Waals surface area (Å²) in [6.45, 7) is 10.3. The first-order valence-corrected chi connectivity index (χ1v) is 10.1. The molecule has 1 rings (SSSR count). The molecule has 0 saturated carbocycles. The smallest absolute Gasteiger partial charge is 0.346 e. The maximum Gasteiger partial charge on any atom is 0.346 e. The molecule has 1 aliphatic carbocycles. The Kier molecular flexibility index (Phi) is 9.81. The van der Waals surface area contributed by atoms with Gasteiger partial charge in [-0.05, 0) is 56.6 Å². The lowest BCUT2D eigenvalue weighted by Gasteiger charge is -2.32. The molecular weight excluding hydrogens is 400 g/mol. The fourth-order valence-corrected chi connectivity index (χ4v) is 3.32. The average Bonchev–Trinajstić information content (AvgIpc) is 2.65. The SMILES string of the molecule is CC(C=CC1=C(C)CCCC1(C)C)=CC=CC(C)=CC(=O)OC(=O)C(O)C(O)C(=O)O. The van der Waals surface area contributed by atoms with Crippen LogP contribution in [0.3, 0.4) is 0 Å². The zero-order valence-electron chi connectivity index (χ0n) is 18.7. The number of ether oxygens (including phenoxy) is 1. The third-order valence-corrected chi connectivity index (χ3v) is 5.11. The van der Waals surface area contributed by atoms with Crippen molar-refractivity contribution in [3.05, 3.63) is 58.7 Å². The number of carbonyl (C=O) groups excluding carboxylic acids is 2. The Bertz CT molecular complexity index is 853. The molecule has 0 radical (unpaired) electrons. The van der Waals surface area contributed by atoms with Crippen LogP contribution >= 0.6 is 0 Å². The molecular formula is C24H32O7. The van der Waals surface area contributed by atoms with E-state index in [1.165, 1.54) is 24.0 Å². The highest BCUT2D eigenvalue weighted by Crippen LogP contribution is 2.40. The fourth-order valence-electron chi connectivity index (χ4n) is 3.32. The molecule has 2 unspecified atom stereocenters. The average molecular weight is 433 g/mol. The molecule has 0 aromatic carbocycles. The maximum absolute atomic E-state index is 11.7. The molecule has 31 heavy (non-hydrogen) atoms. The monoisotopic (exact) mass is 432 g/mol. The number of aliphatic hydroxyl groups excluding tert-OH is 2. The minimum absolute atomic E-state index is 0.167. The van der Waals surface area contributed by atoms with E-state index in [4.69, 9.17) is 10.2 Å². The van der Waals surface area contributed by atoms with E-state index < -0.39 is 30.1 Å². The number of aliphatic carboxylic acids is 1. The predicted molar refractivity (Wildman–Crippen MR) is 117 cm³/mol. The normalized spacial score (nSPS) is 19.6. The van der Waals surface area contributed by atoms with E-state index in [-0.39, 0.29) is 5.41 Å². The summed E-state index contributed by atoms with van der Waals surface area (Å²) in [6, 6.07) is 0. The highest BCUT2D eigenvalue weighted by atomic mass is 16.6. The van der Waals surface area contributed by atoms with Crippen LogP contribution in [0.5, 0.6) is 0 Å². The van der Waals surface area contributed by atoms with E-state index in [9.17, 15) is 19.5 Å². The zero-order chi connectivity index (χ0) is 23.8. The van der Waals surface area contributed by atoms with Crippen molar-refractivity contribution in [3.8, 4) is 0 Å². The highest BCUT2D eigenvalue weighted by molar-refractivity contribution is 5.95. The maximum atomic E-state index is 11.7. The number of carboxylic acids is 1. The van der Waals surface area contributed by atoms with E-state index in [2.05, 4.69) is 37.7 Å². The lowest BCUT2D eigenvalue weighted by Crippen LogP contribution is -2.41. The molecule has 7 heteroatoms. The largest absolute Gasteiger partial charge is 0.479 e. The van der Waals surface area contributed by atoms with Crippen LogP contribution in [0.25, 0.3) is 0 Å². The van der Waals surface area contributed by atoms with Gasteiger partial charge in [-0.1, -0.05) is 55.4 Å². The molecule has 1 aliphatic rings. The Morgan fingerprint density at radius 2 is 1.71 bits per heavy atom. The number of aliphatic hydroxyl groups is 2. The summed E-state index contributed by atoms with van der Waals surface area (Å²) < 4.78 is 4.32. The van der Waals surface area contributed by atoms with Gasteiger partial charge >= 0.3 is 17.9 Å².